The molecule has 11 nitrogen and oxygen atoms in total. The molecule has 1 aliphatic rings. The number of imidazole rings is 1. The van der Waals surface area contributed by atoms with Crippen LogP contribution >= 0.6 is 0 Å². The first-order valence-electron chi connectivity index (χ1n) is 31.2. The van der Waals surface area contributed by atoms with Gasteiger partial charge < -0.3 is 13.9 Å². The number of nitrogens with zero attached hydrogens (tertiary/aromatic N) is 11. The smallest absolute Gasteiger partial charge is 0.436 e. The van der Waals surface area contributed by atoms with E-state index in [0.29, 0.717) is 0 Å². The normalized spacial score (nSPS) is 13.6. The Balaban J connectivity index is 0.000000169. The van der Waals surface area contributed by atoms with Gasteiger partial charge in [0.25, 0.3) is 0 Å². The second-order valence-corrected chi connectivity index (χ2v) is 23.9. The zero-order valence-corrected chi connectivity index (χ0v) is 57.6. The largest absolute Gasteiger partial charge is 3.00 e. The van der Waals surface area contributed by atoms with Gasteiger partial charge in [-0.25, -0.2) is 4.98 Å². The summed E-state index contributed by atoms with van der Waals surface area (Å²) < 4.78 is 8.46. The van der Waals surface area contributed by atoms with Gasteiger partial charge in [0.05, 0.1) is 34.4 Å². The zero-order valence-electron chi connectivity index (χ0n) is 52.8. The summed E-state index contributed by atoms with van der Waals surface area (Å²) in [6.07, 6.45) is 13.5. The molecule has 462 valence electrons. The van der Waals surface area contributed by atoms with Gasteiger partial charge in [0.2, 0.25) is 0 Å². The summed E-state index contributed by atoms with van der Waals surface area (Å²) in [5, 5.41) is 11.5. The molecule has 0 spiro atoms. The average molecular weight is 1580 g/mol. The second kappa shape index (κ2) is 27.0. The minimum Gasteiger partial charge on any atom is -0.436 e. The molecule has 7 aromatic heterocycles. The number of pyridine rings is 3. The molecular formula is C81H62BIr2N11. The van der Waals surface area contributed by atoms with E-state index in [9.17, 15) is 0 Å². The van der Waals surface area contributed by atoms with Gasteiger partial charge >= 0.3 is 47.2 Å². The zero-order chi connectivity index (χ0) is 63.0. The minimum atomic E-state index is -0.635. The molecule has 1 aliphatic heterocycles. The molecule has 0 N–H and O–H groups in total. The number of hydrogen-bond donors (Lipinski definition) is 0. The summed E-state index contributed by atoms with van der Waals surface area (Å²) in [6.45, 7) is 8.66. The standard InChI is InChI=1S/C43H35BN5.C38H27N6.2Ir/c1-30-16-15-17-31(2)41(30)44-48(4)38-25-24-34(43(3,33-20-9-6-10-21-33)39-23-12-14-27-46-39)28-35(38)42-47-37(29-49(42)44)40(32-18-7-5-8-19-32)36-22-11-13-26-45-36;1-38(43-26-12-24-40-43,29-15-6-3-7-16-29)30-21-22-32-31-17-8-9-19-34(31)44(35(32)27-30)36-20-10-18-33(41-36)37(42-25-11-23-39-42)28-13-4-2-5-14-28;;/h5-18,20,22-27,29,40H,1-4H3;2-13,15,17-26,37H,1H3;;/q2*-3;2*+3/t40-,43?;37-,38?;;/m01../s1. The number of anilines is 1. The van der Waals surface area contributed by atoms with Crippen LogP contribution in [-0.4, -0.2) is 62.6 Å². The summed E-state index contributed by atoms with van der Waals surface area (Å²) in [6, 6.07) is 99.7. The molecule has 14 heteroatoms. The van der Waals surface area contributed by atoms with Crippen LogP contribution in [0.4, 0.5) is 5.69 Å². The molecule has 16 rings (SSSR count). The molecule has 2 unspecified atom stereocenters. The van der Waals surface area contributed by atoms with E-state index in [0.717, 1.165) is 101 Å². The van der Waals surface area contributed by atoms with Crippen molar-refractivity contribution in [1.29, 1.82) is 0 Å². The Bertz CT molecular complexity index is 4970. The van der Waals surface area contributed by atoms with Crippen molar-refractivity contribution in [3.05, 3.63) is 378 Å². The van der Waals surface area contributed by atoms with Crippen molar-refractivity contribution in [3.63, 3.8) is 0 Å². The number of fused-ring (bicyclic) bond motifs is 6. The van der Waals surface area contributed by atoms with E-state index < -0.39 is 11.0 Å². The van der Waals surface area contributed by atoms with Crippen LogP contribution in [0.25, 0.3) is 39.0 Å². The van der Waals surface area contributed by atoms with Gasteiger partial charge in [-0.15, -0.1) is 57.0 Å². The maximum Gasteiger partial charge on any atom is 3.00 e. The monoisotopic (exact) mass is 1590 g/mol. The van der Waals surface area contributed by atoms with E-state index in [1.807, 2.05) is 137 Å². The first-order chi connectivity index (χ1) is 45.7. The van der Waals surface area contributed by atoms with E-state index >= 15 is 0 Å². The fourth-order valence-electron chi connectivity index (χ4n) is 13.6. The van der Waals surface area contributed by atoms with Crippen molar-refractivity contribution in [1.82, 2.24) is 48.5 Å². The van der Waals surface area contributed by atoms with E-state index in [4.69, 9.17) is 19.9 Å². The van der Waals surface area contributed by atoms with Crippen LogP contribution in [0, 0.1) is 50.2 Å². The van der Waals surface area contributed by atoms with Gasteiger partial charge in [-0.05, 0) is 100 Å². The third-order valence-electron chi connectivity index (χ3n) is 18.4. The Kier molecular flexibility index (Phi) is 18.1. The van der Waals surface area contributed by atoms with Gasteiger partial charge in [0.15, 0.2) is 0 Å². The van der Waals surface area contributed by atoms with E-state index in [-0.39, 0.29) is 59.2 Å². The van der Waals surface area contributed by atoms with Crippen molar-refractivity contribution >= 4 is 39.9 Å². The third kappa shape index (κ3) is 11.5. The molecule has 0 radical (unpaired) electrons. The number of benzene rings is 8. The summed E-state index contributed by atoms with van der Waals surface area (Å²) in [7, 11) is 2.18. The van der Waals surface area contributed by atoms with Crippen LogP contribution in [0.3, 0.4) is 0 Å². The maximum atomic E-state index is 5.51. The number of hydrogen-bond acceptors (Lipinski definition) is 7. The fourth-order valence-corrected chi connectivity index (χ4v) is 13.6. The molecule has 0 saturated carbocycles. The molecule has 0 fully saturated rings. The summed E-state index contributed by atoms with van der Waals surface area (Å²) in [5.41, 5.74) is 16.2. The number of aromatic nitrogens is 10. The number of para-hydroxylation sites is 1. The first-order valence-corrected chi connectivity index (χ1v) is 31.2. The summed E-state index contributed by atoms with van der Waals surface area (Å²) >= 11 is 0. The number of rotatable bonds is 14. The van der Waals surface area contributed by atoms with Crippen LogP contribution in [0.15, 0.2) is 274 Å². The van der Waals surface area contributed by atoms with Crippen LogP contribution in [0.5, 0.6) is 0 Å². The SMILES string of the molecule is CC(c1[c-]cccc1)(c1[c-]c2c(cc1)c1ccccc1n2-c1cccc([C@@H](c2[c-]cccc2)n2cccn2)n1)n1cccn1.Cc1cccc(C)c1B1N(C)c2ccc(C(C)(c3[c-]cccc3)c3ccccn3)[c-]c2-c2nc([C@@H](c3[c-]cccc3)c3ccccn3)cn21.[Ir+3].[Ir+3]. The van der Waals surface area contributed by atoms with Crippen molar-refractivity contribution < 1.29 is 40.2 Å². The minimum absolute atomic E-state index is 0. The van der Waals surface area contributed by atoms with Crippen LogP contribution in [0.1, 0.15) is 93.1 Å². The Hall–Kier alpha value is -10.2. The Labute approximate surface area is 581 Å². The molecule has 8 heterocycles. The number of aryl methyl sites for hydroxylation is 2. The second-order valence-electron chi connectivity index (χ2n) is 23.9. The third-order valence-corrected chi connectivity index (χ3v) is 18.4. The van der Waals surface area contributed by atoms with Crippen LogP contribution in [-0.2, 0) is 51.2 Å². The van der Waals surface area contributed by atoms with Gasteiger partial charge in [-0.2, -0.15) is 150 Å². The summed E-state index contributed by atoms with van der Waals surface area (Å²) in [4.78, 5) is 22.8. The molecule has 0 aliphatic carbocycles. The Morgan fingerprint density at radius 3 is 1.82 bits per heavy atom. The topological polar surface area (TPSA) is 100 Å². The molecule has 0 saturated heterocycles. The van der Waals surface area contributed by atoms with E-state index in [1.165, 1.54) is 16.6 Å². The van der Waals surface area contributed by atoms with E-state index in [2.05, 4.69) is 235 Å². The predicted octanol–water partition coefficient (Wildman–Crippen LogP) is 15.0. The van der Waals surface area contributed by atoms with Gasteiger partial charge in [-0.3, -0.25) is 24.3 Å². The van der Waals surface area contributed by atoms with Gasteiger partial charge in [-0.1, -0.05) is 82.5 Å². The molecule has 15 aromatic rings. The fraction of sp³-hybridized carbons (Fsp3) is 0.111. The molecule has 8 aromatic carbocycles. The first kappa shape index (κ1) is 63.6. The van der Waals surface area contributed by atoms with Crippen molar-refractivity contribution in [2.24, 2.45) is 0 Å². The van der Waals surface area contributed by atoms with Gasteiger partial charge in [0, 0.05) is 66.1 Å². The molecule has 95 heavy (non-hydrogen) atoms. The summed E-state index contributed by atoms with van der Waals surface area (Å²) in [5.74, 6) is 1.48. The van der Waals surface area contributed by atoms with Crippen molar-refractivity contribution in [2.75, 3.05) is 11.9 Å². The molecule has 0 amide bonds. The average Bonchev–Trinajstić information content (AvgIpc) is 1.68. The molecule has 4 atom stereocenters. The quantitative estimate of drug-likeness (QED) is 0.0790. The predicted molar refractivity (Wildman–Crippen MR) is 369 cm³/mol. The molecule has 0 bridgehead atoms. The van der Waals surface area contributed by atoms with Crippen LogP contribution < -0.4 is 10.3 Å². The van der Waals surface area contributed by atoms with E-state index in [1.54, 1.807) is 6.20 Å². The van der Waals surface area contributed by atoms with Crippen LogP contribution in [0.2, 0.25) is 0 Å². The maximum absolute atomic E-state index is 5.51. The van der Waals surface area contributed by atoms with Crippen molar-refractivity contribution in [3.8, 4) is 17.2 Å². The molecular weight excluding hydrogens is 1520 g/mol. The van der Waals surface area contributed by atoms with Gasteiger partial charge in [0.1, 0.15) is 5.82 Å². The Morgan fingerprint density at radius 1 is 0.495 bits per heavy atom. The van der Waals surface area contributed by atoms with Crippen molar-refractivity contribution in [2.45, 2.75) is 50.6 Å². The Morgan fingerprint density at radius 2 is 1.15 bits per heavy atom.